The van der Waals surface area contributed by atoms with Crippen LogP contribution in [-0.2, 0) is 14.3 Å². The first-order valence-corrected chi connectivity index (χ1v) is 9.16. The lowest BCUT2D eigenvalue weighted by Gasteiger charge is -2.21. The van der Waals surface area contributed by atoms with E-state index >= 15 is 0 Å². The number of carbonyl (C=O) groups excluding carboxylic acids is 2. The Morgan fingerprint density at radius 1 is 1.25 bits per heavy atom. The Morgan fingerprint density at radius 3 is 2.62 bits per heavy atom. The molecular weight excluding hydrogens is 349 g/mol. The van der Waals surface area contributed by atoms with Gasteiger partial charge in [0.05, 0.1) is 10.7 Å². The highest BCUT2D eigenvalue weighted by atomic mass is 35.5. The molecule has 0 saturated heterocycles. The van der Waals surface area contributed by atoms with Gasteiger partial charge in [-0.3, -0.25) is 9.59 Å². The van der Waals surface area contributed by atoms with E-state index in [-0.39, 0.29) is 5.97 Å². The highest BCUT2D eigenvalue weighted by molar-refractivity contribution is 6.36. The minimum absolute atomic E-state index is 0.328. The molecule has 0 radical (unpaired) electrons. The monoisotopic (exact) mass is 371 g/mol. The van der Waals surface area contributed by atoms with Crippen molar-refractivity contribution in [3.63, 3.8) is 0 Å². The van der Waals surface area contributed by atoms with Crippen LogP contribution in [0.3, 0.4) is 0 Å². The maximum atomic E-state index is 12.1. The second kappa shape index (κ2) is 9.28. The molecule has 2 rings (SSSR count). The molecule has 1 aliphatic carbocycles. The number of carbonyl (C=O) groups is 2. The molecule has 132 valence electrons. The average Bonchev–Trinajstić information content (AvgIpc) is 2.56. The van der Waals surface area contributed by atoms with E-state index < -0.39 is 12.0 Å². The first-order valence-electron chi connectivity index (χ1n) is 8.41. The van der Waals surface area contributed by atoms with Crippen molar-refractivity contribution in [2.45, 2.75) is 58.0 Å². The van der Waals surface area contributed by atoms with Crippen molar-refractivity contribution < 1.29 is 14.3 Å². The number of halogens is 2. The summed E-state index contributed by atoms with van der Waals surface area (Å²) >= 11 is 11.8. The molecule has 0 spiro atoms. The predicted molar refractivity (Wildman–Crippen MR) is 96.5 cm³/mol. The number of nitrogens with one attached hydrogen (secondary N) is 1. The van der Waals surface area contributed by atoms with Crippen molar-refractivity contribution in [3.8, 4) is 0 Å². The number of hydrogen-bond donors (Lipinski definition) is 1. The van der Waals surface area contributed by atoms with E-state index in [1.54, 1.807) is 25.1 Å². The van der Waals surface area contributed by atoms with E-state index in [4.69, 9.17) is 27.9 Å². The van der Waals surface area contributed by atoms with E-state index in [1.807, 2.05) is 0 Å². The lowest BCUT2D eigenvalue weighted by atomic mass is 9.86. The zero-order chi connectivity index (χ0) is 17.5. The van der Waals surface area contributed by atoms with Gasteiger partial charge in [-0.2, -0.15) is 0 Å². The number of rotatable bonds is 6. The summed E-state index contributed by atoms with van der Waals surface area (Å²) in [5.74, 6) is -0.126. The van der Waals surface area contributed by atoms with Crippen molar-refractivity contribution in [2.75, 3.05) is 5.32 Å². The number of amides is 1. The molecule has 4 nitrogen and oxygen atoms in total. The lowest BCUT2D eigenvalue weighted by molar-refractivity contribution is -0.153. The van der Waals surface area contributed by atoms with Gasteiger partial charge >= 0.3 is 5.97 Å². The Labute approximate surface area is 152 Å². The third-order valence-corrected chi connectivity index (χ3v) is 4.90. The second-order valence-corrected chi connectivity index (χ2v) is 7.13. The van der Waals surface area contributed by atoms with E-state index in [1.165, 1.54) is 32.1 Å². The highest BCUT2D eigenvalue weighted by Crippen LogP contribution is 2.28. The van der Waals surface area contributed by atoms with Gasteiger partial charge in [0.1, 0.15) is 0 Å². The van der Waals surface area contributed by atoms with Gasteiger partial charge in [0.15, 0.2) is 6.10 Å². The van der Waals surface area contributed by atoms with Crippen LogP contribution in [0.25, 0.3) is 0 Å². The van der Waals surface area contributed by atoms with Crippen LogP contribution in [0.5, 0.6) is 0 Å². The molecular formula is C18H23Cl2NO3. The maximum absolute atomic E-state index is 12.1. The normalized spacial score (nSPS) is 16.5. The Morgan fingerprint density at radius 2 is 1.96 bits per heavy atom. The number of esters is 1. The lowest BCUT2D eigenvalue weighted by Crippen LogP contribution is -2.30. The van der Waals surface area contributed by atoms with Gasteiger partial charge < -0.3 is 10.1 Å². The Bertz CT molecular complexity index is 586. The maximum Gasteiger partial charge on any atom is 0.306 e. The summed E-state index contributed by atoms with van der Waals surface area (Å²) < 4.78 is 5.22. The van der Waals surface area contributed by atoms with E-state index in [9.17, 15) is 9.59 Å². The fourth-order valence-electron chi connectivity index (χ4n) is 2.93. The van der Waals surface area contributed by atoms with Gasteiger partial charge in [0, 0.05) is 11.4 Å². The number of ether oxygens (including phenoxy) is 1. The first kappa shape index (κ1) is 19.1. The summed E-state index contributed by atoms with van der Waals surface area (Å²) in [5.41, 5.74) is 0.441. The standard InChI is InChI=1S/C18H23Cl2NO3/c1-12(18(23)21-16-9-8-14(19)11-15(16)20)24-17(22)10-7-13-5-3-2-4-6-13/h8-9,11-13H,2-7,10H2,1H3,(H,21,23)/t12-/m1/s1. The molecule has 0 aromatic heterocycles. The minimum Gasteiger partial charge on any atom is -0.453 e. The van der Waals surface area contributed by atoms with Crippen LogP contribution in [-0.4, -0.2) is 18.0 Å². The molecule has 1 aliphatic rings. The van der Waals surface area contributed by atoms with Crippen LogP contribution < -0.4 is 5.32 Å². The smallest absolute Gasteiger partial charge is 0.306 e. The zero-order valence-electron chi connectivity index (χ0n) is 13.8. The van der Waals surface area contributed by atoms with Crippen LogP contribution in [0.1, 0.15) is 51.9 Å². The second-order valence-electron chi connectivity index (χ2n) is 6.29. The Kier molecular flexibility index (Phi) is 7.38. The van der Waals surface area contributed by atoms with Gasteiger partial charge in [-0.05, 0) is 37.5 Å². The van der Waals surface area contributed by atoms with Gasteiger partial charge in [-0.25, -0.2) is 0 Å². The molecule has 1 N–H and O–H groups in total. The average molecular weight is 372 g/mol. The molecule has 0 bridgehead atoms. The van der Waals surface area contributed by atoms with E-state index in [0.29, 0.717) is 28.1 Å². The van der Waals surface area contributed by atoms with Crippen molar-refractivity contribution in [3.05, 3.63) is 28.2 Å². The Hall–Kier alpha value is -1.26. The van der Waals surface area contributed by atoms with Gasteiger partial charge in [0.25, 0.3) is 5.91 Å². The molecule has 1 aromatic rings. The number of benzene rings is 1. The van der Waals surface area contributed by atoms with Crippen LogP contribution in [0.4, 0.5) is 5.69 Å². The minimum atomic E-state index is -0.865. The van der Waals surface area contributed by atoms with Crippen LogP contribution in [0, 0.1) is 5.92 Å². The molecule has 0 unspecified atom stereocenters. The fraction of sp³-hybridized carbons (Fsp3) is 0.556. The van der Waals surface area contributed by atoms with Gasteiger partial charge in [0.2, 0.25) is 0 Å². The predicted octanol–water partition coefficient (Wildman–Crippen LogP) is 5.22. The molecule has 0 aliphatic heterocycles. The molecule has 1 amide bonds. The van der Waals surface area contributed by atoms with E-state index in [2.05, 4.69) is 5.32 Å². The molecule has 24 heavy (non-hydrogen) atoms. The molecule has 1 aromatic carbocycles. The number of hydrogen-bond acceptors (Lipinski definition) is 3. The van der Waals surface area contributed by atoms with Crippen LogP contribution in [0.2, 0.25) is 10.0 Å². The summed E-state index contributed by atoms with van der Waals surface area (Å²) in [6.07, 6.45) is 6.53. The molecule has 6 heteroatoms. The van der Waals surface area contributed by atoms with Crippen molar-refractivity contribution in [2.24, 2.45) is 5.92 Å². The summed E-state index contributed by atoms with van der Waals surface area (Å²) in [4.78, 5) is 24.0. The quantitative estimate of drug-likeness (QED) is 0.696. The molecule has 1 atom stereocenters. The highest BCUT2D eigenvalue weighted by Gasteiger charge is 2.20. The van der Waals surface area contributed by atoms with Gasteiger partial charge in [-0.1, -0.05) is 55.3 Å². The van der Waals surface area contributed by atoms with Crippen molar-refractivity contribution >= 4 is 40.8 Å². The SMILES string of the molecule is C[C@@H](OC(=O)CCC1CCCCC1)C(=O)Nc1ccc(Cl)cc1Cl. The summed E-state index contributed by atoms with van der Waals surface area (Å²) in [6.45, 7) is 1.55. The largest absolute Gasteiger partial charge is 0.453 e. The van der Waals surface area contributed by atoms with Crippen molar-refractivity contribution in [1.29, 1.82) is 0 Å². The molecule has 1 saturated carbocycles. The topological polar surface area (TPSA) is 55.4 Å². The molecule has 0 heterocycles. The zero-order valence-corrected chi connectivity index (χ0v) is 15.3. The number of anilines is 1. The van der Waals surface area contributed by atoms with Crippen LogP contribution in [0.15, 0.2) is 18.2 Å². The third kappa shape index (κ3) is 5.99. The van der Waals surface area contributed by atoms with E-state index in [0.717, 1.165) is 6.42 Å². The Balaban J connectivity index is 1.76. The third-order valence-electron chi connectivity index (χ3n) is 4.35. The fourth-order valence-corrected chi connectivity index (χ4v) is 3.39. The first-order chi connectivity index (χ1) is 11.5. The summed E-state index contributed by atoms with van der Waals surface area (Å²) in [6, 6.07) is 4.78. The van der Waals surface area contributed by atoms with Gasteiger partial charge in [-0.15, -0.1) is 0 Å². The summed E-state index contributed by atoms with van der Waals surface area (Å²) in [7, 11) is 0. The van der Waals surface area contributed by atoms with Crippen molar-refractivity contribution in [1.82, 2.24) is 0 Å². The van der Waals surface area contributed by atoms with Crippen LogP contribution >= 0.6 is 23.2 Å². The summed E-state index contributed by atoms with van der Waals surface area (Å²) in [5, 5.41) is 3.47. The molecule has 1 fully saturated rings.